The highest BCUT2D eigenvalue weighted by Gasteiger charge is 2.14. The molecule has 8 heteroatoms. The van der Waals surface area contributed by atoms with Crippen molar-refractivity contribution in [3.05, 3.63) is 68.5 Å². The van der Waals surface area contributed by atoms with E-state index >= 15 is 0 Å². The summed E-state index contributed by atoms with van der Waals surface area (Å²) >= 11 is 0. The predicted octanol–water partition coefficient (Wildman–Crippen LogP) is 1.97. The third-order valence-electron chi connectivity index (χ3n) is 4.20. The van der Waals surface area contributed by atoms with Crippen LogP contribution in [-0.4, -0.2) is 42.0 Å². The molecule has 7 nitrogen and oxygen atoms in total. The molecule has 0 aliphatic rings. The van der Waals surface area contributed by atoms with Crippen molar-refractivity contribution in [1.82, 2.24) is 9.55 Å². The number of rotatable bonds is 11. The lowest BCUT2D eigenvalue weighted by Crippen LogP contribution is -2.35. The topological polar surface area (TPSA) is 93.6 Å². The monoisotopic (exact) mass is 406 g/mol. The van der Waals surface area contributed by atoms with Crippen LogP contribution in [0.4, 0.5) is 0 Å². The van der Waals surface area contributed by atoms with Crippen LogP contribution in [0.25, 0.3) is 0 Å². The summed E-state index contributed by atoms with van der Waals surface area (Å²) in [6.07, 6.45) is -0.705. The summed E-state index contributed by atoms with van der Waals surface area (Å²) in [7, 11) is -1.23. The van der Waals surface area contributed by atoms with E-state index in [9.17, 15) is 14.7 Å². The Morgan fingerprint density at radius 3 is 2.54 bits per heavy atom. The quantitative estimate of drug-likeness (QED) is 0.440. The average Bonchev–Trinajstić information content (AvgIpc) is 2.60. The van der Waals surface area contributed by atoms with Gasteiger partial charge in [-0.1, -0.05) is 50.0 Å². The molecule has 0 saturated heterocycles. The van der Waals surface area contributed by atoms with E-state index in [0.717, 1.165) is 11.6 Å². The summed E-state index contributed by atoms with van der Waals surface area (Å²) in [6, 6.07) is 12.0. The van der Waals surface area contributed by atoms with E-state index < -0.39 is 25.4 Å². The minimum Gasteiger partial charge on any atom is -0.390 e. The van der Waals surface area contributed by atoms with Gasteiger partial charge in [-0.25, -0.2) is 4.79 Å². The highest BCUT2D eigenvalue weighted by molar-refractivity contribution is 6.76. The van der Waals surface area contributed by atoms with Crippen LogP contribution in [0.2, 0.25) is 25.7 Å². The fourth-order valence-electron chi connectivity index (χ4n) is 2.60. The maximum absolute atomic E-state index is 12.2. The number of hydrogen-bond acceptors (Lipinski definition) is 5. The number of aromatic nitrogens is 2. The number of aromatic amines is 1. The lowest BCUT2D eigenvalue weighted by molar-refractivity contribution is 0.0260. The summed E-state index contributed by atoms with van der Waals surface area (Å²) in [4.78, 5) is 26.1. The van der Waals surface area contributed by atoms with E-state index in [1.807, 2.05) is 30.3 Å². The van der Waals surface area contributed by atoms with Crippen molar-refractivity contribution in [1.29, 1.82) is 0 Å². The standard InChI is InChI=1S/C20H30N2O5Si/c1-28(2,3)10-9-26-15-22-17(12-19(24)21-20(22)25)11-18(23)14-27-13-16-7-5-4-6-8-16/h4-8,12,18,23H,9-11,13-15H2,1-3H3,(H,21,24,25). The second kappa shape index (κ2) is 10.5. The van der Waals surface area contributed by atoms with Gasteiger partial charge in [0, 0.05) is 32.9 Å². The third-order valence-corrected chi connectivity index (χ3v) is 5.91. The molecule has 0 aliphatic heterocycles. The Balaban J connectivity index is 1.93. The van der Waals surface area contributed by atoms with Gasteiger partial charge in [-0.05, 0) is 11.6 Å². The summed E-state index contributed by atoms with van der Waals surface area (Å²) < 4.78 is 12.5. The van der Waals surface area contributed by atoms with Gasteiger partial charge in [-0.15, -0.1) is 0 Å². The predicted molar refractivity (Wildman–Crippen MR) is 111 cm³/mol. The van der Waals surface area contributed by atoms with Crippen molar-refractivity contribution >= 4 is 8.07 Å². The van der Waals surface area contributed by atoms with Gasteiger partial charge >= 0.3 is 5.69 Å². The van der Waals surface area contributed by atoms with Crippen molar-refractivity contribution in [2.75, 3.05) is 13.2 Å². The summed E-state index contributed by atoms with van der Waals surface area (Å²) in [5, 5.41) is 10.3. The van der Waals surface area contributed by atoms with Crippen molar-refractivity contribution in [3.63, 3.8) is 0 Å². The van der Waals surface area contributed by atoms with Crippen molar-refractivity contribution in [2.24, 2.45) is 0 Å². The van der Waals surface area contributed by atoms with Crippen LogP contribution in [-0.2, 0) is 29.2 Å². The van der Waals surface area contributed by atoms with Crippen molar-refractivity contribution in [2.45, 2.75) is 51.5 Å². The first-order valence-electron chi connectivity index (χ1n) is 9.45. The number of nitrogens with zero attached hydrogens (tertiary/aromatic N) is 1. The Bertz CT molecular complexity index is 842. The van der Waals surface area contributed by atoms with Crippen LogP contribution in [0.1, 0.15) is 11.3 Å². The molecule has 1 aromatic carbocycles. The zero-order valence-corrected chi connectivity index (χ0v) is 17.8. The molecule has 154 valence electrons. The first kappa shape index (κ1) is 22.3. The van der Waals surface area contributed by atoms with Gasteiger partial charge in [0.2, 0.25) is 0 Å². The van der Waals surface area contributed by atoms with Crippen LogP contribution < -0.4 is 11.2 Å². The van der Waals surface area contributed by atoms with Crippen LogP contribution in [0, 0.1) is 0 Å². The Labute approximate surface area is 166 Å². The van der Waals surface area contributed by atoms with E-state index in [0.29, 0.717) is 18.9 Å². The van der Waals surface area contributed by atoms with Crippen LogP contribution in [0.5, 0.6) is 0 Å². The van der Waals surface area contributed by atoms with Gasteiger partial charge < -0.3 is 14.6 Å². The van der Waals surface area contributed by atoms with Gasteiger partial charge in [0.1, 0.15) is 6.73 Å². The molecule has 2 rings (SSSR count). The number of hydrogen-bond donors (Lipinski definition) is 2. The molecule has 1 unspecified atom stereocenters. The molecule has 1 heterocycles. The second-order valence-corrected chi connectivity index (χ2v) is 13.7. The molecule has 1 atom stereocenters. The fraction of sp³-hybridized carbons (Fsp3) is 0.500. The molecule has 0 spiro atoms. The molecule has 0 fully saturated rings. The Morgan fingerprint density at radius 1 is 1.14 bits per heavy atom. The maximum Gasteiger partial charge on any atom is 0.330 e. The molecule has 0 bridgehead atoms. The van der Waals surface area contributed by atoms with Crippen molar-refractivity contribution in [3.8, 4) is 0 Å². The zero-order valence-electron chi connectivity index (χ0n) is 16.8. The third kappa shape index (κ3) is 7.93. The molecule has 2 aromatic rings. The highest BCUT2D eigenvalue weighted by atomic mass is 28.3. The molecular formula is C20H30N2O5Si. The minimum absolute atomic E-state index is 0.0486. The van der Waals surface area contributed by atoms with E-state index in [1.165, 1.54) is 10.6 Å². The molecule has 0 amide bonds. The van der Waals surface area contributed by atoms with Crippen LogP contribution >= 0.6 is 0 Å². The number of aliphatic hydroxyl groups excluding tert-OH is 1. The van der Waals surface area contributed by atoms with Gasteiger partial charge in [0.05, 0.1) is 19.3 Å². The fourth-order valence-corrected chi connectivity index (χ4v) is 3.36. The molecule has 28 heavy (non-hydrogen) atoms. The summed E-state index contributed by atoms with van der Waals surface area (Å²) in [6.45, 7) is 7.85. The van der Waals surface area contributed by atoms with Gasteiger partial charge in [0.15, 0.2) is 0 Å². The molecule has 0 aliphatic carbocycles. The normalized spacial score (nSPS) is 12.9. The molecular weight excluding hydrogens is 376 g/mol. The number of benzene rings is 1. The van der Waals surface area contributed by atoms with Crippen molar-refractivity contribution < 1.29 is 14.6 Å². The molecule has 2 N–H and O–H groups in total. The van der Waals surface area contributed by atoms with E-state index in [4.69, 9.17) is 9.47 Å². The number of aliphatic hydroxyl groups is 1. The second-order valence-electron chi connectivity index (χ2n) is 8.06. The summed E-state index contributed by atoms with van der Waals surface area (Å²) in [5.74, 6) is 0. The highest BCUT2D eigenvalue weighted by Crippen LogP contribution is 2.08. The lowest BCUT2D eigenvalue weighted by Gasteiger charge is -2.18. The zero-order chi connectivity index (χ0) is 20.6. The Hall–Kier alpha value is -2.00. The maximum atomic E-state index is 12.2. The number of ether oxygens (including phenoxy) is 2. The van der Waals surface area contributed by atoms with Gasteiger partial charge in [0.25, 0.3) is 5.56 Å². The van der Waals surface area contributed by atoms with E-state index in [-0.39, 0.29) is 19.8 Å². The first-order chi connectivity index (χ1) is 13.2. The Morgan fingerprint density at radius 2 is 1.86 bits per heavy atom. The number of nitrogens with one attached hydrogen (secondary N) is 1. The van der Waals surface area contributed by atoms with Gasteiger partial charge in [-0.2, -0.15) is 0 Å². The summed E-state index contributed by atoms with van der Waals surface area (Å²) in [5.41, 5.74) is 0.416. The van der Waals surface area contributed by atoms with Gasteiger partial charge in [-0.3, -0.25) is 14.3 Å². The average molecular weight is 407 g/mol. The van der Waals surface area contributed by atoms with E-state index in [1.54, 1.807) is 0 Å². The van der Waals surface area contributed by atoms with Crippen LogP contribution in [0.15, 0.2) is 46.0 Å². The Kier molecular flexibility index (Phi) is 8.37. The molecule has 0 saturated carbocycles. The SMILES string of the molecule is C[Si](C)(C)CCOCn1c(CC(O)COCc2ccccc2)cc(=O)[nH]c1=O. The van der Waals surface area contributed by atoms with Crippen LogP contribution in [0.3, 0.4) is 0 Å². The molecule has 1 aromatic heterocycles. The minimum atomic E-state index is -1.23. The largest absolute Gasteiger partial charge is 0.390 e. The molecule has 0 radical (unpaired) electrons. The number of H-pyrrole nitrogens is 1. The van der Waals surface area contributed by atoms with E-state index in [2.05, 4.69) is 24.6 Å². The first-order valence-corrected chi connectivity index (χ1v) is 13.2. The lowest BCUT2D eigenvalue weighted by atomic mass is 10.2. The smallest absolute Gasteiger partial charge is 0.330 e.